The van der Waals surface area contributed by atoms with Crippen LogP contribution < -0.4 is 0 Å². The van der Waals surface area contributed by atoms with Crippen LogP contribution in [0.4, 0.5) is 0 Å². The molecule has 0 radical (unpaired) electrons. The first-order valence-electron chi connectivity index (χ1n) is 6.57. The van der Waals surface area contributed by atoms with Crippen molar-refractivity contribution in [2.45, 2.75) is 46.1 Å². The molecule has 1 aliphatic heterocycles. The normalized spacial score (nSPS) is 16.7. The molecular formula is C13H20ClN3O. The second kappa shape index (κ2) is 5.74. The van der Waals surface area contributed by atoms with Crippen LogP contribution in [-0.2, 0) is 11.3 Å². The molecule has 1 amide bonds. The van der Waals surface area contributed by atoms with E-state index in [0.717, 1.165) is 37.3 Å². The molecule has 0 aliphatic carbocycles. The van der Waals surface area contributed by atoms with Crippen molar-refractivity contribution in [1.82, 2.24) is 14.7 Å². The minimum atomic E-state index is 0.152. The van der Waals surface area contributed by atoms with E-state index in [9.17, 15) is 4.79 Å². The zero-order chi connectivity index (χ0) is 13.1. The van der Waals surface area contributed by atoms with Crippen LogP contribution in [0.1, 0.15) is 37.1 Å². The van der Waals surface area contributed by atoms with E-state index < -0.39 is 0 Å². The van der Waals surface area contributed by atoms with E-state index in [1.165, 1.54) is 12.8 Å². The number of hydrogen-bond donors (Lipinski definition) is 0. The van der Waals surface area contributed by atoms with Gasteiger partial charge in [-0.3, -0.25) is 9.48 Å². The van der Waals surface area contributed by atoms with Gasteiger partial charge < -0.3 is 4.90 Å². The highest BCUT2D eigenvalue weighted by atomic mass is 35.5. The molecule has 2 rings (SSSR count). The third-order valence-corrected chi connectivity index (χ3v) is 4.08. The molecule has 2 heterocycles. The van der Waals surface area contributed by atoms with Gasteiger partial charge in [0.15, 0.2) is 0 Å². The molecule has 100 valence electrons. The molecule has 1 aromatic heterocycles. The Labute approximate surface area is 113 Å². The Morgan fingerprint density at radius 1 is 1.22 bits per heavy atom. The van der Waals surface area contributed by atoms with Gasteiger partial charge in [-0.2, -0.15) is 5.10 Å². The van der Waals surface area contributed by atoms with Gasteiger partial charge in [0.1, 0.15) is 6.54 Å². The van der Waals surface area contributed by atoms with Crippen molar-refractivity contribution < 1.29 is 4.79 Å². The fraction of sp³-hybridized carbons (Fsp3) is 0.692. The van der Waals surface area contributed by atoms with E-state index in [4.69, 9.17) is 11.6 Å². The van der Waals surface area contributed by atoms with Gasteiger partial charge in [-0.05, 0) is 26.7 Å². The predicted molar refractivity (Wildman–Crippen MR) is 71.8 cm³/mol. The van der Waals surface area contributed by atoms with Crippen LogP contribution in [-0.4, -0.2) is 33.7 Å². The Bertz CT molecular complexity index is 434. The van der Waals surface area contributed by atoms with E-state index >= 15 is 0 Å². The number of rotatable bonds is 2. The summed E-state index contributed by atoms with van der Waals surface area (Å²) in [5.41, 5.74) is 1.66. The maximum absolute atomic E-state index is 12.2. The summed E-state index contributed by atoms with van der Waals surface area (Å²) < 4.78 is 1.71. The van der Waals surface area contributed by atoms with Crippen molar-refractivity contribution in [2.75, 3.05) is 13.1 Å². The molecule has 0 saturated carbocycles. The minimum Gasteiger partial charge on any atom is -0.341 e. The number of halogens is 1. The van der Waals surface area contributed by atoms with Crippen molar-refractivity contribution in [3.8, 4) is 0 Å². The summed E-state index contributed by atoms with van der Waals surface area (Å²) in [6.07, 6.45) is 4.69. The van der Waals surface area contributed by atoms with Crippen LogP contribution in [0.3, 0.4) is 0 Å². The van der Waals surface area contributed by atoms with Crippen LogP contribution in [0, 0.1) is 13.8 Å². The smallest absolute Gasteiger partial charge is 0.244 e. The average Bonchev–Trinajstić information content (AvgIpc) is 2.59. The molecule has 5 heteroatoms. The molecule has 0 unspecified atom stereocenters. The number of carbonyl (C=O) groups excluding carboxylic acids is 1. The van der Waals surface area contributed by atoms with Gasteiger partial charge in [0, 0.05) is 13.1 Å². The number of likely N-dealkylation sites (tertiary alicyclic amines) is 1. The van der Waals surface area contributed by atoms with Gasteiger partial charge in [0.05, 0.1) is 16.4 Å². The van der Waals surface area contributed by atoms with Gasteiger partial charge in [0.25, 0.3) is 0 Å². The highest BCUT2D eigenvalue weighted by Gasteiger charge is 2.18. The maximum Gasteiger partial charge on any atom is 0.244 e. The quantitative estimate of drug-likeness (QED) is 0.828. The number of aryl methyl sites for hydroxylation is 1. The molecule has 0 aromatic carbocycles. The van der Waals surface area contributed by atoms with Crippen molar-refractivity contribution in [1.29, 1.82) is 0 Å². The summed E-state index contributed by atoms with van der Waals surface area (Å²) >= 11 is 6.09. The monoisotopic (exact) mass is 269 g/mol. The lowest BCUT2D eigenvalue weighted by Crippen LogP contribution is -2.35. The van der Waals surface area contributed by atoms with Crippen LogP contribution >= 0.6 is 11.6 Å². The molecule has 1 aliphatic rings. The van der Waals surface area contributed by atoms with Crippen LogP contribution in [0.15, 0.2) is 0 Å². The number of nitrogens with zero attached hydrogens (tertiary/aromatic N) is 3. The number of amides is 1. The average molecular weight is 270 g/mol. The fourth-order valence-corrected chi connectivity index (χ4v) is 2.51. The van der Waals surface area contributed by atoms with E-state index in [2.05, 4.69) is 5.10 Å². The highest BCUT2D eigenvalue weighted by molar-refractivity contribution is 6.31. The van der Waals surface area contributed by atoms with Crippen molar-refractivity contribution in [3.63, 3.8) is 0 Å². The lowest BCUT2D eigenvalue weighted by Gasteiger charge is -2.20. The first-order valence-corrected chi connectivity index (χ1v) is 6.94. The summed E-state index contributed by atoms with van der Waals surface area (Å²) in [7, 11) is 0. The maximum atomic E-state index is 12.2. The molecule has 1 aromatic rings. The molecule has 4 nitrogen and oxygen atoms in total. The van der Waals surface area contributed by atoms with Gasteiger partial charge in [-0.1, -0.05) is 24.4 Å². The number of aromatic nitrogens is 2. The third-order valence-electron chi connectivity index (χ3n) is 3.54. The molecule has 1 fully saturated rings. The van der Waals surface area contributed by atoms with Crippen molar-refractivity contribution in [3.05, 3.63) is 16.4 Å². The van der Waals surface area contributed by atoms with Gasteiger partial charge in [-0.15, -0.1) is 0 Å². The topological polar surface area (TPSA) is 38.1 Å². The first-order chi connectivity index (χ1) is 8.59. The van der Waals surface area contributed by atoms with E-state index in [-0.39, 0.29) is 5.91 Å². The predicted octanol–water partition coefficient (Wildman–Crippen LogP) is 2.56. The van der Waals surface area contributed by atoms with Gasteiger partial charge in [-0.25, -0.2) is 0 Å². The molecule has 0 spiro atoms. The first kappa shape index (κ1) is 13.4. The number of carbonyl (C=O) groups is 1. The molecular weight excluding hydrogens is 250 g/mol. The second-order valence-electron chi connectivity index (χ2n) is 4.94. The fourth-order valence-electron chi connectivity index (χ4n) is 2.38. The molecule has 0 bridgehead atoms. The highest BCUT2D eigenvalue weighted by Crippen LogP contribution is 2.19. The van der Waals surface area contributed by atoms with Crippen LogP contribution in [0.2, 0.25) is 5.02 Å². The summed E-state index contributed by atoms with van der Waals surface area (Å²) in [6.45, 7) is 5.83. The Balaban J connectivity index is 2.03. The van der Waals surface area contributed by atoms with Crippen LogP contribution in [0.25, 0.3) is 0 Å². The van der Waals surface area contributed by atoms with Gasteiger partial charge in [0.2, 0.25) is 5.91 Å². The van der Waals surface area contributed by atoms with Gasteiger partial charge >= 0.3 is 0 Å². The SMILES string of the molecule is Cc1nn(CC(=O)N2CCCCCC2)c(C)c1Cl. The molecule has 1 saturated heterocycles. The zero-order valence-corrected chi connectivity index (χ0v) is 11.8. The summed E-state index contributed by atoms with van der Waals surface area (Å²) in [4.78, 5) is 14.2. The lowest BCUT2D eigenvalue weighted by molar-refractivity contribution is -0.132. The van der Waals surface area contributed by atoms with Crippen molar-refractivity contribution >= 4 is 17.5 Å². The molecule has 0 atom stereocenters. The van der Waals surface area contributed by atoms with E-state index in [0.29, 0.717) is 11.6 Å². The van der Waals surface area contributed by atoms with E-state index in [1.807, 2.05) is 18.7 Å². The lowest BCUT2D eigenvalue weighted by atomic mass is 10.2. The van der Waals surface area contributed by atoms with Crippen molar-refractivity contribution in [2.24, 2.45) is 0 Å². The second-order valence-corrected chi connectivity index (χ2v) is 5.32. The Morgan fingerprint density at radius 3 is 2.33 bits per heavy atom. The molecule has 0 N–H and O–H groups in total. The summed E-state index contributed by atoms with van der Waals surface area (Å²) in [5.74, 6) is 0.152. The Kier molecular flexibility index (Phi) is 4.27. The summed E-state index contributed by atoms with van der Waals surface area (Å²) in [5, 5.41) is 4.97. The Morgan fingerprint density at radius 2 is 1.83 bits per heavy atom. The van der Waals surface area contributed by atoms with E-state index in [1.54, 1.807) is 4.68 Å². The summed E-state index contributed by atoms with van der Waals surface area (Å²) in [6, 6.07) is 0. The molecule has 18 heavy (non-hydrogen) atoms. The zero-order valence-electron chi connectivity index (χ0n) is 11.1. The standard InChI is InChI=1S/C13H20ClN3O/c1-10-13(14)11(2)17(15-10)9-12(18)16-7-5-3-4-6-8-16/h3-9H2,1-2H3. The number of hydrogen-bond acceptors (Lipinski definition) is 2. The largest absolute Gasteiger partial charge is 0.341 e. The minimum absolute atomic E-state index is 0.152. The Hall–Kier alpha value is -1.03. The van der Waals surface area contributed by atoms with Crippen LogP contribution in [0.5, 0.6) is 0 Å². The third kappa shape index (κ3) is 2.86.